The van der Waals surface area contributed by atoms with E-state index in [-0.39, 0.29) is 12.5 Å². The molecule has 0 spiro atoms. The molecule has 0 bridgehead atoms. The minimum atomic E-state index is -4.08. The van der Waals surface area contributed by atoms with Crippen molar-refractivity contribution in [3.63, 3.8) is 0 Å². The van der Waals surface area contributed by atoms with Gasteiger partial charge in [-0.15, -0.1) is 0 Å². The Kier molecular flexibility index (Phi) is 5.46. The molecule has 1 unspecified atom stereocenters. The molecule has 1 N–H and O–H groups in total. The zero-order chi connectivity index (χ0) is 12.9. The van der Waals surface area contributed by atoms with Gasteiger partial charge >= 0.3 is 6.18 Å². The van der Waals surface area contributed by atoms with Crippen LogP contribution in [0.3, 0.4) is 0 Å². The first-order valence-corrected chi connectivity index (χ1v) is 6.19. The third kappa shape index (κ3) is 5.55. The van der Waals surface area contributed by atoms with E-state index >= 15 is 0 Å². The minimum absolute atomic E-state index is 0.0985. The summed E-state index contributed by atoms with van der Waals surface area (Å²) in [6, 6.07) is 7.43. The lowest BCUT2D eigenvalue weighted by atomic mass is 10.0. The van der Waals surface area contributed by atoms with E-state index in [2.05, 4.69) is 21.2 Å². The zero-order valence-electron chi connectivity index (χ0n) is 9.52. The van der Waals surface area contributed by atoms with Crippen molar-refractivity contribution < 1.29 is 13.2 Å². The second-order valence-corrected chi connectivity index (χ2v) is 4.79. The Balaban J connectivity index is 2.56. The number of benzene rings is 1. The summed E-state index contributed by atoms with van der Waals surface area (Å²) in [5.41, 5.74) is 1.02. The molecule has 0 fully saturated rings. The summed E-state index contributed by atoms with van der Waals surface area (Å²) in [4.78, 5) is 0. The van der Waals surface area contributed by atoms with Gasteiger partial charge in [0.1, 0.15) is 0 Å². The van der Waals surface area contributed by atoms with E-state index in [4.69, 9.17) is 0 Å². The Labute approximate surface area is 108 Å². The van der Waals surface area contributed by atoms with E-state index in [1.54, 1.807) is 7.05 Å². The van der Waals surface area contributed by atoms with Gasteiger partial charge in [-0.05, 0) is 31.5 Å². The summed E-state index contributed by atoms with van der Waals surface area (Å²) in [5, 5.41) is 2.93. The Morgan fingerprint density at radius 1 is 1.29 bits per heavy atom. The van der Waals surface area contributed by atoms with Gasteiger partial charge in [0.15, 0.2) is 0 Å². The number of hydrogen-bond acceptors (Lipinski definition) is 1. The van der Waals surface area contributed by atoms with Crippen molar-refractivity contribution in [1.82, 2.24) is 5.32 Å². The molecule has 5 heteroatoms. The summed E-state index contributed by atoms with van der Waals surface area (Å²) in [5.74, 6) is 0. The van der Waals surface area contributed by atoms with Crippen molar-refractivity contribution >= 4 is 15.9 Å². The van der Waals surface area contributed by atoms with Gasteiger partial charge in [-0.25, -0.2) is 0 Å². The molecule has 0 saturated heterocycles. The molecule has 0 aliphatic rings. The highest BCUT2D eigenvalue weighted by Gasteiger charge is 2.28. The van der Waals surface area contributed by atoms with Crippen molar-refractivity contribution in [1.29, 1.82) is 0 Å². The van der Waals surface area contributed by atoms with Gasteiger partial charge in [-0.1, -0.05) is 34.1 Å². The molecule has 0 saturated carbocycles. The molecule has 96 valence electrons. The maximum atomic E-state index is 12.1. The number of alkyl halides is 3. The Bertz CT molecular complexity index is 352. The molecule has 1 rings (SSSR count). The van der Waals surface area contributed by atoms with Crippen LogP contribution < -0.4 is 5.32 Å². The standard InChI is InChI=1S/C12H15BrF3N/c1-17-10(6-7-12(14,15)16)8-9-4-2-3-5-11(9)13/h2-5,10,17H,6-8H2,1H3. The molecule has 0 heterocycles. The predicted molar refractivity (Wildman–Crippen MR) is 66.0 cm³/mol. The van der Waals surface area contributed by atoms with Gasteiger partial charge in [-0.2, -0.15) is 13.2 Å². The third-order valence-corrected chi connectivity index (χ3v) is 3.38. The van der Waals surface area contributed by atoms with Crippen molar-refractivity contribution in [2.45, 2.75) is 31.5 Å². The van der Waals surface area contributed by atoms with Crippen LogP contribution in [0.4, 0.5) is 13.2 Å². The van der Waals surface area contributed by atoms with E-state index < -0.39 is 12.6 Å². The highest BCUT2D eigenvalue weighted by Crippen LogP contribution is 2.24. The summed E-state index contributed by atoms with van der Waals surface area (Å²) >= 11 is 3.39. The predicted octanol–water partition coefficient (Wildman–Crippen LogP) is 3.92. The first kappa shape index (κ1) is 14.5. The van der Waals surface area contributed by atoms with E-state index in [1.165, 1.54) is 0 Å². The largest absolute Gasteiger partial charge is 0.389 e. The molecule has 0 aliphatic heterocycles. The zero-order valence-corrected chi connectivity index (χ0v) is 11.1. The minimum Gasteiger partial charge on any atom is -0.317 e. The average molecular weight is 310 g/mol. The number of rotatable bonds is 5. The highest BCUT2D eigenvalue weighted by atomic mass is 79.9. The monoisotopic (exact) mass is 309 g/mol. The van der Waals surface area contributed by atoms with Gasteiger partial charge in [0.2, 0.25) is 0 Å². The summed E-state index contributed by atoms with van der Waals surface area (Å²) < 4.78 is 37.3. The first-order valence-electron chi connectivity index (χ1n) is 5.40. The SMILES string of the molecule is CNC(CCC(F)(F)F)Cc1ccccc1Br. The lowest BCUT2D eigenvalue weighted by Crippen LogP contribution is -2.29. The maximum absolute atomic E-state index is 12.1. The summed E-state index contributed by atoms with van der Waals surface area (Å²) in [7, 11) is 1.69. The van der Waals surface area contributed by atoms with Crippen LogP contribution in [0, 0.1) is 0 Å². The topological polar surface area (TPSA) is 12.0 Å². The number of hydrogen-bond donors (Lipinski definition) is 1. The van der Waals surface area contributed by atoms with Crippen LogP contribution in [0.1, 0.15) is 18.4 Å². The molecule has 0 amide bonds. The van der Waals surface area contributed by atoms with E-state index in [0.29, 0.717) is 6.42 Å². The Morgan fingerprint density at radius 3 is 2.47 bits per heavy atom. The smallest absolute Gasteiger partial charge is 0.317 e. The van der Waals surface area contributed by atoms with Gasteiger partial charge in [0.05, 0.1) is 0 Å². The van der Waals surface area contributed by atoms with Crippen LogP contribution in [0.2, 0.25) is 0 Å². The average Bonchev–Trinajstić information content (AvgIpc) is 2.25. The highest BCUT2D eigenvalue weighted by molar-refractivity contribution is 9.10. The fourth-order valence-corrected chi connectivity index (χ4v) is 2.06. The number of nitrogens with one attached hydrogen (secondary N) is 1. The van der Waals surface area contributed by atoms with Crippen molar-refractivity contribution in [2.24, 2.45) is 0 Å². The lowest BCUT2D eigenvalue weighted by molar-refractivity contribution is -0.136. The summed E-state index contributed by atoms with van der Waals surface area (Å²) in [6.45, 7) is 0. The molecule has 1 atom stereocenters. The molecule has 0 aliphatic carbocycles. The fraction of sp³-hybridized carbons (Fsp3) is 0.500. The third-order valence-electron chi connectivity index (χ3n) is 2.61. The van der Waals surface area contributed by atoms with Crippen molar-refractivity contribution in [2.75, 3.05) is 7.05 Å². The first-order chi connectivity index (χ1) is 7.92. The number of halogens is 4. The van der Waals surface area contributed by atoms with Gasteiger partial charge in [-0.3, -0.25) is 0 Å². The molecular formula is C12H15BrF3N. The molecule has 1 aromatic carbocycles. The second-order valence-electron chi connectivity index (χ2n) is 3.93. The molecule has 1 nitrogen and oxygen atoms in total. The van der Waals surface area contributed by atoms with Crippen molar-refractivity contribution in [3.8, 4) is 0 Å². The van der Waals surface area contributed by atoms with Gasteiger partial charge in [0.25, 0.3) is 0 Å². The maximum Gasteiger partial charge on any atom is 0.389 e. The van der Waals surface area contributed by atoms with Crippen LogP contribution in [0.15, 0.2) is 28.7 Å². The Morgan fingerprint density at radius 2 is 1.94 bits per heavy atom. The van der Waals surface area contributed by atoms with Gasteiger partial charge in [0, 0.05) is 16.9 Å². The molecule has 17 heavy (non-hydrogen) atoms. The lowest BCUT2D eigenvalue weighted by Gasteiger charge is -2.18. The summed E-state index contributed by atoms with van der Waals surface area (Å²) in [6.07, 6.45) is -4.14. The second kappa shape index (κ2) is 6.40. The normalized spacial score (nSPS) is 13.7. The van der Waals surface area contributed by atoms with Crippen LogP contribution in [-0.2, 0) is 6.42 Å². The number of likely N-dealkylation sites (N-methyl/N-ethyl adjacent to an activating group) is 1. The Hall–Kier alpha value is -0.550. The molecule has 0 aromatic heterocycles. The molecule has 0 radical (unpaired) electrons. The van der Waals surface area contributed by atoms with Crippen LogP contribution in [-0.4, -0.2) is 19.3 Å². The molecular weight excluding hydrogens is 295 g/mol. The van der Waals surface area contributed by atoms with Crippen molar-refractivity contribution in [3.05, 3.63) is 34.3 Å². The van der Waals surface area contributed by atoms with Crippen LogP contribution >= 0.6 is 15.9 Å². The van der Waals surface area contributed by atoms with E-state index in [0.717, 1.165) is 10.0 Å². The molecule has 1 aromatic rings. The van der Waals surface area contributed by atoms with E-state index in [1.807, 2.05) is 24.3 Å². The van der Waals surface area contributed by atoms with E-state index in [9.17, 15) is 13.2 Å². The fourth-order valence-electron chi connectivity index (χ4n) is 1.62. The van der Waals surface area contributed by atoms with Crippen LogP contribution in [0.25, 0.3) is 0 Å². The van der Waals surface area contributed by atoms with Crippen LogP contribution in [0.5, 0.6) is 0 Å². The van der Waals surface area contributed by atoms with Gasteiger partial charge < -0.3 is 5.32 Å². The quantitative estimate of drug-likeness (QED) is 0.869.